The molecule has 0 N–H and O–H groups in total. The minimum Gasteiger partial charge on any atom is -0.455 e. The van der Waals surface area contributed by atoms with Gasteiger partial charge in [0.25, 0.3) is 5.69 Å². The largest absolute Gasteiger partial charge is 0.455 e. The molecule has 5 rings (SSSR count). The standard InChI is InChI=1S/C20H13F4NO4/c1-20(29-19(26)9-2-5-11(6-3-9)25(27)28)8-10-4-7-12(20)14-13(10)15(21)17(23)18(24)16(14)22/h2-7,10,12H,8H2,1H3. The molecular formula is C20H13F4NO4. The van der Waals surface area contributed by atoms with Gasteiger partial charge in [0.2, 0.25) is 0 Å². The minimum atomic E-state index is -1.91. The molecule has 3 aliphatic carbocycles. The van der Waals surface area contributed by atoms with Crippen LogP contribution in [0.2, 0.25) is 0 Å². The average molecular weight is 407 g/mol. The number of non-ortho nitro benzene ring substituents is 1. The molecule has 3 aliphatic rings. The maximum absolute atomic E-state index is 14.5. The van der Waals surface area contributed by atoms with Crippen LogP contribution in [0.3, 0.4) is 0 Å². The van der Waals surface area contributed by atoms with Crippen molar-refractivity contribution in [1.82, 2.24) is 0 Å². The third kappa shape index (κ3) is 2.80. The van der Waals surface area contributed by atoms with Gasteiger partial charge in [-0.2, -0.15) is 0 Å². The Morgan fingerprint density at radius 3 is 2.21 bits per heavy atom. The monoisotopic (exact) mass is 407 g/mol. The molecule has 29 heavy (non-hydrogen) atoms. The van der Waals surface area contributed by atoms with Crippen molar-refractivity contribution >= 4 is 11.7 Å². The molecular weight excluding hydrogens is 394 g/mol. The summed E-state index contributed by atoms with van der Waals surface area (Å²) in [4.78, 5) is 22.6. The molecule has 3 atom stereocenters. The highest BCUT2D eigenvalue weighted by Crippen LogP contribution is 2.54. The molecule has 5 nitrogen and oxygen atoms in total. The number of allylic oxidation sites excluding steroid dienone is 1. The number of rotatable bonds is 3. The van der Waals surface area contributed by atoms with Crippen LogP contribution in [-0.2, 0) is 4.74 Å². The third-order valence-corrected chi connectivity index (χ3v) is 5.48. The molecule has 9 heteroatoms. The number of ether oxygens (including phenoxy) is 1. The smallest absolute Gasteiger partial charge is 0.338 e. The predicted octanol–water partition coefficient (Wildman–Crippen LogP) is 4.91. The van der Waals surface area contributed by atoms with Gasteiger partial charge in [0, 0.05) is 35.1 Å². The maximum Gasteiger partial charge on any atom is 0.338 e. The second kappa shape index (κ2) is 6.40. The van der Waals surface area contributed by atoms with E-state index in [0.29, 0.717) is 0 Å². The summed E-state index contributed by atoms with van der Waals surface area (Å²) in [5.41, 5.74) is -2.16. The van der Waals surface area contributed by atoms with Crippen LogP contribution in [0, 0.1) is 33.4 Å². The van der Waals surface area contributed by atoms with Crippen LogP contribution in [-0.4, -0.2) is 16.5 Å². The molecule has 0 heterocycles. The first-order chi connectivity index (χ1) is 13.6. The fourth-order valence-electron chi connectivity index (χ4n) is 4.11. The van der Waals surface area contributed by atoms with Crippen molar-refractivity contribution in [3.63, 3.8) is 0 Å². The van der Waals surface area contributed by atoms with Crippen LogP contribution in [0.4, 0.5) is 23.2 Å². The van der Waals surface area contributed by atoms with Crippen LogP contribution in [0.15, 0.2) is 36.4 Å². The van der Waals surface area contributed by atoms with E-state index in [2.05, 4.69) is 0 Å². The highest BCUT2D eigenvalue weighted by atomic mass is 19.2. The van der Waals surface area contributed by atoms with Crippen molar-refractivity contribution in [2.24, 2.45) is 0 Å². The van der Waals surface area contributed by atoms with Gasteiger partial charge in [-0.25, -0.2) is 22.4 Å². The SMILES string of the molecule is CC1(OC(=O)c2ccc([N+](=O)[O-])cc2)CC2C=CC1c1c(F)c(F)c(F)c(F)c12. The quantitative estimate of drug-likeness (QED) is 0.138. The maximum atomic E-state index is 14.5. The van der Waals surface area contributed by atoms with Gasteiger partial charge in [-0.05, 0) is 25.5 Å². The van der Waals surface area contributed by atoms with Crippen LogP contribution in [0.1, 0.15) is 46.7 Å². The van der Waals surface area contributed by atoms with E-state index in [9.17, 15) is 32.5 Å². The van der Waals surface area contributed by atoms with E-state index in [1.807, 2.05) is 0 Å². The number of hydrogen-bond acceptors (Lipinski definition) is 4. The van der Waals surface area contributed by atoms with Crippen molar-refractivity contribution in [2.45, 2.75) is 30.8 Å². The highest BCUT2D eigenvalue weighted by molar-refractivity contribution is 5.90. The summed E-state index contributed by atoms with van der Waals surface area (Å²) in [6.45, 7) is 1.50. The predicted molar refractivity (Wildman–Crippen MR) is 92.4 cm³/mol. The normalized spacial score (nSPS) is 24.3. The molecule has 0 aromatic heterocycles. The first-order valence-corrected chi connectivity index (χ1v) is 8.66. The van der Waals surface area contributed by atoms with E-state index >= 15 is 0 Å². The van der Waals surface area contributed by atoms with Crippen molar-refractivity contribution < 1.29 is 32.0 Å². The second-order valence-electron chi connectivity index (χ2n) is 7.26. The van der Waals surface area contributed by atoms with E-state index < -0.39 is 51.6 Å². The van der Waals surface area contributed by atoms with E-state index in [0.717, 1.165) is 12.1 Å². The summed E-state index contributed by atoms with van der Waals surface area (Å²) in [5.74, 6) is -9.37. The van der Waals surface area contributed by atoms with E-state index in [1.165, 1.54) is 25.1 Å². The fraction of sp³-hybridized carbons (Fsp3) is 0.250. The Morgan fingerprint density at radius 1 is 1.03 bits per heavy atom. The van der Waals surface area contributed by atoms with Crippen LogP contribution in [0.25, 0.3) is 0 Å². The van der Waals surface area contributed by atoms with E-state index in [4.69, 9.17) is 4.74 Å². The Hall–Kier alpha value is -3.23. The molecule has 3 unspecified atom stereocenters. The van der Waals surface area contributed by atoms with Crippen LogP contribution in [0.5, 0.6) is 0 Å². The number of carbonyl (C=O) groups excluding carboxylic acids is 1. The van der Waals surface area contributed by atoms with Crippen LogP contribution < -0.4 is 0 Å². The second-order valence-corrected chi connectivity index (χ2v) is 7.26. The van der Waals surface area contributed by atoms with Gasteiger partial charge < -0.3 is 4.74 Å². The molecule has 0 spiro atoms. The van der Waals surface area contributed by atoms with Crippen molar-refractivity contribution in [3.05, 3.63) is 86.5 Å². The van der Waals surface area contributed by atoms with Gasteiger partial charge in [0.15, 0.2) is 23.3 Å². The molecule has 0 radical (unpaired) electrons. The Kier molecular flexibility index (Phi) is 4.21. The molecule has 2 aromatic carbocycles. The zero-order valence-electron chi connectivity index (χ0n) is 14.9. The lowest BCUT2D eigenvalue weighted by atomic mass is 9.63. The van der Waals surface area contributed by atoms with Crippen molar-refractivity contribution in [3.8, 4) is 0 Å². The third-order valence-electron chi connectivity index (χ3n) is 5.48. The summed E-state index contributed by atoms with van der Waals surface area (Å²) in [7, 11) is 0. The number of fused-ring (bicyclic) bond motifs is 1. The number of esters is 1. The molecule has 0 saturated carbocycles. The van der Waals surface area contributed by atoms with Gasteiger partial charge in [0.1, 0.15) is 5.60 Å². The number of carbonyl (C=O) groups is 1. The number of halogens is 4. The summed E-state index contributed by atoms with van der Waals surface area (Å²) < 4.78 is 61.8. The molecule has 150 valence electrons. The Balaban J connectivity index is 1.69. The van der Waals surface area contributed by atoms with E-state index in [1.54, 1.807) is 6.08 Å². The number of benzene rings is 2. The fourth-order valence-corrected chi connectivity index (χ4v) is 4.11. The Bertz CT molecular complexity index is 1080. The molecule has 0 fully saturated rings. The molecule has 2 bridgehead atoms. The average Bonchev–Trinajstić information content (AvgIpc) is 2.70. The Labute approximate surface area is 161 Å². The number of hydrogen-bond donors (Lipinski definition) is 0. The zero-order valence-corrected chi connectivity index (χ0v) is 14.9. The summed E-state index contributed by atoms with van der Waals surface area (Å²) >= 11 is 0. The molecule has 2 aromatic rings. The van der Waals surface area contributed by atoms with Gasteiger partial charge in [-0.3, -0.25) is 10.1 Å². The summed E-state index contributed by atoms with van der Waals surface area (Å²) in [6.07, 6.45) is 3.08. The molecule has 0 aliphatic heterocycles. The van der Waals surface area contributed by atoms with Gasteiger partial charge >= 0.3 is 5.97 Å². The first kappa shape index (κ1) is 19.1. The van der Waals surface area contributed by atoms with E-state index in [-0.39, 0.29) is 28.8 Å². The van der Waals surface area contributed by atoms with Gasteiger partial charge in [-0.15, -0.1) is 0 Å². The highest BCUT2D eigenvalue weighted by Gasteiger charge is 2.51. The lowest BCUT2D eigenvalue weighted by molar-refractivity contribution is -0.384. The number of nitro benzene ring substituents is 1. The van der Waals surface area contributed by atoms with Gasteiger partial charge in [-0.1, -0.05) is 12.2 Å². The number of nitro groups is 1. The zero-order chi connectivity index (χ0) is 21.1. The van der Waals surface area contributed by atoms with Crippen molar-refractivity contribution in [1.29, 1.82) is 0 Å². The number of nitrogens with zero attached hydrogens (tertiary/aromatic N) is 1. The molecule has 0 amide bonds. The first-order valence-electron chi connectivity index (χ1n) is 8.66. The topological polar surface area (TPSA) is 69.4 Å². The lowest BCUT2D eigenvalue weighted by Crippen LogP contribution is -2.45. The lowest BCUT2D eigenvalue weighted by Gasteiger charge is -2.46. The minimum absolute atomic E-state index is 0.0272. The summed E-state index contributed by atoms with van der Waals surface area (Å²) in [5, 5.41) is 10.7. The summed E-state index contributed by atoms with van der Waals surface area (Å²) in [6, 6.07) is 4.69. The van der Waals surface area contributed by atoms with Crippen LogP contribution >= 0.6 is 0 Å². The van der Waals surface area contributed by atoms with Gasteiger partial charge in [0.05, 0.1) is 10.5 Å². The Morgan fingerprint density at radius 2 is 1.62 bits per heavy atom. The molecule has 0 saturated heterocycles. The van der Waals surface area contributed by atoms with Crippen molar-refractivity contribution in [2.75, 3.05) is 0 Å².